The van der Waals surface area contributed by atoms with Crippen molar-refractivity contribution in [3.05, 3.63) is 226 Å². The van der Waals surface area contributed by atoms with E-state index in [4.69, 9.17) is 23.7 Å². The number of piperidine rings is 2. The van der Waals surface area contributed by atoms with Gasteiger partial charge in [-0.25, -0.2) is 14.0 Å². The third kappa shape index (κ3) is 21.2. The number of carbonyl (C=O) groups is 6. The van der Waals surface area contributed by atoms with Crippen LogP contribution in [0.5, 0.6) is 5.75 Å². The zero-order valence-corrected chi connectivity index (χ0v) is 62.1. The van der Waals surface area contributed by atoms with Crippen LogP contribution in [0.2, 0.25) is 0 Å². The highest BCUT2D eigenvalue weighted by molar-refractivity contribution is 5.95. The summed E-state index contributed by atoms with van der Waals surface area (Å²) in [5, 5.41) is 2.93. The highest BCUT2D eigenvalue weighted by Crippen LogP contribution is 2.49. The average molecular weight is 1510 g/mol. The van der Waals surface area contributed by atoms with E-state index < -0.39 is 76.3 Å². The number of hydrogen-bond acceptors (Lipinski definition) is 13. The summed E-state index contributed by atoms with van der Waals surface area (Å²) < 4.78 is 127. The molecule has 25 heteroatoms. The molecule has 3 heterocycles. The van der Waals surface area contributed by atoms with E-state index in [-0.39, 0.29) is 75.1 Å². The SMILES string of the molecule is CN(CCCCCCC(=O)Oc1ccc(CN(Cc2ccc(C(=O)N(C)CCN3CCC(OC(=O)Nc4ccccc4-c4ccccc4)CC3)cc2)C(=O)OC(C)(C)C)cc1)C(=O)CO[C@H]1Cc2ccccc2C12CCN(CC[C@]1(c3ccc(F)cc3)CN(C(=O)c3cc(C(F)(F)F)cc(C(F)(F)F)c3)CO1)CC2. The molecule has 0 bridgehead atoms. The predicted octanol–water partition coefficient (Wildman–Crippen LogP) is 16.0. The number of nitrogens with zero attached hydrogens (tertiary/aromatic N) is 6. The van der Waals surface area contributed by atoms with Gasteiger partial charge in [-0.05, 0) is 179 Å². The number of fused-ring (bicyclic) bond motifs is 2. The number of carbonyl (C=O) groups excluding carboxylic acids is 6. The van der Waals surface area contributed by atoms with Crippen molar-refractivity contribution >= 4 is 41.6 Å². The monoisotopic (exact) mass is 1510 g/mol. The van der Waals surface area contributed by atoms with Gasteiger partial charge in [0.1, 0.15) is 42.2 Å². The molecule has 4 aliphatic rings. The Morgan fingerprint density at radius 3 is 1.92 bits per heavy atom. The van der Waals surface area contributed by atoms with Crippen LogP contribution in [0.3, 0.4) is 0 Å². The lowest BCUT2D eigenvalue weighted by Crippen LogP contribution is -2.50. The predicted molar refractivity (Wildman–Crippen MR) is 396 cm³/mol. The summed E-state index contributed by atoms with van der Waals surface area (Å²) in [6.45, 7) is 9.70. The van der Waals surface area contributed by atoms with Crippen LogP contribution in [0.1, 0.15) is 145 Å². The van der Waals surface area contributed by atoms with Gasteiger partial charge in [-0.15, -0.1) is 0 Å². The highest BCUT2D eigenvalue weighted by atomic mass is 19.4. The molecule has 5 amide bonds. The highest BCUT2D eigenvalue weighted by Gasteiger charge is 2.50. The molecule has 0 aromatic heterocycles. The molecular weight excluding hydrogens is 1420 g/mol. The van der Waals surface area contributed by atoms with Crippen LogP contribution in [0, 0.1) is 5.82 Å². The molecule has 0 unspecified atom stereocenters. The number of benzene rings is 7. The first-order chi connectivity index (χ1) is 52.0. The maximum absolute atomic E-state index is 14.3. The minimum atomic E-state index is -5.15. The minimum absolute atomic E-state index is 0.0312. The van der Waals surface area contributed by atoms with Crippen LogP contribution < -0.4 is 10.1 Å². The molecule has 7 aromatic carbocycles. The number of halogens is 7. The van der Waals surface area contributed by atoms with Crippen molar-refractivity contribution in [3.63, 3.8) is 0 Å². The molecule has 1 spiro atoms. The van der Waals surface area contributed by atoms with Crippen molar-refractivity contribution in [1.82, 2.24) is 29.4 Å². The Balaban J connectivity index is 0.583. The molecule has 18 nitrogen and oxygen atoms in total. The number of likely N-dealkylation sites (tertiary alicyclic amines) is 2. The number of rotatable bonds is 27. The van der Waals surface area contributed by atoms with E-state index >= 15 is 0 Å². The largest absolute Gasteiger partial charge is 0.446 e. The molecule has 580 valence electrons. The summed E-state index contributed by atoms with van der Waals surface area (Å²) in [7, 11) is 3.52. The number of amides is 5. The maximum Gasteiger partial charge on any atom is 0.416 e. The van der Waals surface area contributed by atoms with Gasteiger partial charge >= 0.3 is 30.5 Å². The molecule has 1 aliphatic carbocycles. The van der Waals surface area contributed by atoms with Crippen LogP contribution in [-0.4, -0.2) is 169 Å². The van der Waals surface area contributed by atoms with Crippen molar-refractivity contribution in [3.8, 4) is 16.9 Å². The van der Waals surface area contributed by atoms with Crippen molar-refractivity contribution in [1.29, 1.82) is 0 Å². The van der Waals surface area contributed by atoms with E-state index in [0.717, 1.165) is 64.2 Å². The Morgan fingerprint density at radius 1 is 0.642 bits per heavy atom. The van der Waals surface area contributed by atoms with Crippen molar-refractivity contribution in [2.45, 2.75) is 146 Å². The minimum Gasteiger partial charge on any atom is -0.446 e. The van der Waals surface area contributed by atoms with E-state index in [2.05, 4.69) is 27.2 Å². The second kappa shape index (κ2) is 35.3. The standard InChI is InChI=1S/C84H94F7N7O11/c1-80(2,3)109-79(104)97(53-58-24-28-61(29-25-58)76(101)94(5)47-48-95-42-36-69(37-43-95)108-78(103)92-72-22-15-13-20-70(72)60-17-9-8-10-18-60)54-59-26-34-68(35-27-59)107-75(100)23-11-6-7-16-41-93(4)74(99)55-105-73-51-62-19-12-14-21-71(62)81(73)38-44-96(45-39-81)46-40-82(64-30-32-67(85)33-31-64)56-98(57-106-82)77(102)63-49-65(83(86,87)88)52-66(50-63)84(89,90)91/h8-10,12-15,17-22,24-35,49-50,52,69,73H,6-7,11,16,23,36-48,51,53-57H2,1-5H3,(H,92,103)/t73-,82+/m0/s1. The van der Waals surface area contributed by atoms with Gasteiger partial charge in [0, 0.05) is 95.0 Å². The lowest BCUT2D eigenvalue weighted by Gasteiger charge is -2.44. The van der Waals surface area contributed by atoms with Crippen molar-refractivity contribution in [2.24, 2.45) is 0 Å². The molecule has 109 heavy (non-hydrogen) atoms. The maximum atomic E-state index is 14.3. The second-order valence-electron chi connectivity index (χ2n) is 29.8. The molecule has 0 radical (unpaired) electrons. The molecule has 3 saturated heterocycles. The third-order valence-electron chi connectivity index (χ3n) is 21.0. The molecule has 3 fully saturated rings. The quantitative estimate of drug-likeness (QED) is 0.0223. The zero-order valence-electron chi connectivity index (χ0n) is 62.1. The fraction of sp³-hybridized carbons (Fsp3) is 0.429. The first-order valence-corrected chi connectivity index (χ1v) is 37.1. The van der Waals surface area contributed by atoms with Crippen LogP contribution >= 0.6 is 0 Å². The topological polar surface area (TPSA) is 180 Å². The van der Waals surface area contributed by atoms with E-state index in [9.17, 15) is 59.5 Å². The lowest BCUT2D eigenvalue weighted by atomic mass is 9.72. The molecule has 3 aliphatic heterocycles. The Hall–Kier alpha value is -9.69. The van der Waals surface area contributed by atoms with Crippen LogP contribution in [0.25, 0.3) is 11.1 Å². The van der Waals surface area contributed by atoms with E-state index in [1.165, 1.54) is 24.3 Å². The summed E-state index contributed by atoms with van der Waals surface area (Å²) in [6, 6.07) is 46.0. The van der Waals surface area contributed by atoms with Gasteiger partial charge in [-0.3, -0.25) is 29.4 Å². The number of unbranched alkanes of at least 4 members (excludes halogenated alkanes) is 3. The van der Waals surface area contributed by atoms with E-state index in [1.54, 1.807) is 86.0 Å². The number of esters is 1. The summed E-state index contributed by atoms with van der Waals surface area (Å²) >= 11 is 0. The van der Waals surface area contributed by atoms with E-state index in [0.29, 0.717) is 119 Å². The molecule has 0 saturated carbocycles. The zero-order chi connectivity index (χ0) is 77.7. The van der Waals surface area contributed by atoms with Crippen LogP contribution in [0.15, 0.2) is 170 Å². The number of anilines is 1. The number of nitrogens with one attached hydrogen (secondary N) is 1. The summed E-state index contributed by atoms with van der Waals surface area (Å²) in [6.07, 6.45) is -5.31. The van der Waals surface area contributed by atoms with Crippen LogP contribution in [-0.2, 0) is 71.4 Å². The Kier molecular flexibility index (Phi) is 26.0. The molecular formula is C84H94F7N7O11. The van der Waals surface area contributed by atoms with Gasteiger partial charge in [0.15, 0.2) is 0 Å². The van der Waals surface area contributed by atoms with Gasteiger partial charge in [-0.1, -0.05) is 122 Å². The van der Waals surface area contributed by atoms with Crippen LogP contribution in [0.4, 0.5) is 46.0 Å². The summed E-state index contributed by atoms with van der Waals surface area (Å²) in [5.41, 5.74) is 0.976. The van der Waals surface area contributed by atoms with Gasteiger partial charge in [0.25, 0.3) is 11.8 Å². The first kappa shape index (κ1) is 80.3. The van der Waals surface area contributed by atoms with Gasteiger partial charge in [0.2, 0.25) is 5.91 Å². The summed E-state index contributed by atoms with van der Waals surface area (Å²) in [4.78, 5) is 91.2. The number of alkyl halides is 6. The Morgan fingerprint density at radius 2 is 1.26 bits per heavy atom. The average Bonchev–Trinajstić information content (AvgIpc) is 1.62. The van der Waals surface area contributed by atoms with E-state index in [1.807, 2.05) is 78.9 Å². The number of para-hydroxylation sites is 1. The lowest BCUT2D eigenvalue weighted by molar-refractivity contribution is -0.143. The van der Waals surface area contributed by atoms with Crippen molar-refractivity contribution < 1.29 is 83.2 Å². The fourth-order valence-electron chi connectivity index (χ4n) is 14.8. The smallest absolute Gasteiger partial charge is 0.416 e. The fourth-order valence-corrected chi connectivity index (χ4v) is 14.8. The number of ether oxygens (including phenoxy) is 5. The third-order valence-corrected chi connectivity index (χ3v) is 21.0. The summed E-state index contributed by atoms with van der Waals surface area (Å²) in [5.74, 6) is -1.95. The first-order valence-electron chi connectivity index (χ1n) is 37.1. The molecule has 1 N–H and O–H groups in total. The molecule has 2 atom stereocenters. The Bertz CT molecular complexity index is 4250. The number of hydrogen-bond donors (Lipinski definition) is 1. The van der Waals surface area contributed by atoms with Gasteiger partial charge in [0.05, 0.1) is 29.5 Å². The van der Waals surface area contributed by atoms with Gasteiger partial charge < -0.3 is 48.2 Å². The van der Waals surface area contributed by atoms with Crippen molar-refractivity contribution in [2.75, 3.05) is 91.7 Å². The Labute approximate surface area is 631 Å². The van der Waals surface area contributed by atoms with Gasteiger partial charge in [-0.2, -0.15) is 26.3 Å². The normalized spacial score (nSPS) is 17.5. The molecule has 7 aromatic rings. The number of likely N-dealkylation sites (N-methyl/N-ethyl adjacent to an activating group) is 2. The molecule has 11 rings (SSSR count). The second-order valence-corrected chi connectivity index (χ2v) is 29.8.